The van der Waals surface area contributed by atoms with E-state index in [9.17, 15) is 4.79 Å². The summed E-state index contributed by atoms with van der Waals surface area (Å²) in [6.07, 6.45) is 2.73. The molecule has 0 unspecified atom stereocenters. The van der Waals surface area contributed by atoms with Gasteiger partial charge in [-0.15, -0.1) is 0 Å². The smallest absolute Gasteiger partial charge is 0.341 e. The van der Waals surface area contributed by atoms with E-state index in [1.165, 1.54) is 0 Å². The van der Waals surface area contributed by atoms with Crippen molar-refractivity contribution in [2.75, 3.05) is 0 Å². The van der Waals surface area contributed by atoms with E-state index in [0.717, 1.165) is 19.5 Å². The van der Waals surface area contributed by atoms with E-state index in [2.05, 4.69) is 38.9 Å². The Morgan fingerprint density at radius 1 is 1.32 bits per heavy atom. The molecule has 3 aromatic rings. The maximum Gasteiger partial charge on any atom is 0.341 e. The number of nitrogens with zero attached hydrogens (tertiary/aromatic N) is 3. The van der Waals surface area contributed by atoms with E-state index in [0.29, 0.717) is 11.0 Å². The highest BCUT2D eigenvalue weighted by Gasteiger charge is 2.13. The quantitative estimate of drug-likeness (QED) is 0.675. The normalized spacial score (nSPS) is 10.8. The zero-order valence-electron chi connectivity index (χ0n) is 9.67. The van der Waals surface area contributed by atoms with Crippen LogP contribution in [0.2, 0.25) is 0 Å². The molecular weight excluding hydrogens is 355 g/mol. The molecule has 3 rings (SSSR count). The fourth-order valence-corrected chi connectivity index (χ4v) is 2.57. The summed E-state index contributed by atoms with van der Waals surface area (Å²) in [5.41, 5.74) is 7.45. The largest absolute Gasteiger partial charge is 0.350 e. The van der Waals surface area contributed by atoms with Crippen LogP contribution in [0.3, 0.4) is 0 Å². The number of aromatic nitrogens is 3. The van der Waals surface area contributed by atoms with Crippen LogP contribution < -0.4 is 5.73 Å². The van der Waals surface area contributed by atoms with Crippen molar-refractivity contribution in [2.45, 2.75) is 0 Å². The van der Waals surface area contributed by atoms with Gasteiger partial charge in [-0.2, -0.15) is 9.78 Å². The van der Waals surface area contributed by atoms with Crippen LogP contribution in [-0.2, 0) is 0 Å². The second kappa shape index (κ2) is 4.61. The maximum atomic E-state index is 11.3. The minimum Gasteiger partial charge on any atom is -0.350 e. The fourth-order valence-electron chi connectivity index (χ4n) is 1.83. The molecule has 0 aliphatic heterocycles. The van der Waals surface area contributed by atoms with Crippen LogP contribution in [0.15, 0.2) is 36.4 Å². The van der Waals surface area contributed by atoms with Crippen LogP contribution in [0.1, 0.15) is 0 Å². The van der Waals surface area contributed by atoms with Gasteiger partial charge in [0.2, 0.25) is 0 Å². The topological polar surface area (TPSA) is 73.8 Å². The summed E-state index contributed by atoms with van der Waals surface area (Å²) in [6.45, 7) is 0. The molecule has 0 fully saturated rings. The lowest BCUT2D eigenvalue weighted by Crippen LogP contribution is -2.21. The van der Waals surface area contributed by atoms with E-state index < -0.39 is 6.03 Å². The van der Waals surface area contributed by atoms with Gasteiger partial charge in [-0.1, -0.05) is 30.3 Å². The number of rotatable bonds is 1. The molecule has 1 aromatic carbocycles. The Morgan fingerprint density at radius 3 is 2.74 bits per heavy atom. The minimum absolute atomic E-state index is 0.423. The van der Waals surface area contributed by atoms with Gasteiger partial charge in [0.25, 0.3) is 0 Å². The molecule has 6 heteroatoms. The van der Waals surface area contributed by atoms with Crippen LogP contribution in [0, 0.1) is 9.77 Å². The zero-order valence-corrected chi connectivity index (χ0v) is 11.8. The Kier molecular flexibility index (Phi) is 2.94. The fraction of sp³-hybridized carbons (Fsp3) is 0. The first kappa shape index (κ1) is 12.1. The van der Waals surface area contributed by atoms with Crippen LogP contribution in [0.5, 0.6) is 0 Å². The predicted molar refractivity (Wildman–Crippen MR) is 79.5 cm³/mol. The second-order valence-corrected chi connectivity index (χ2v) is 5.08. The molecule has 1 amide bonds. The lowest BCUT2D eigenvalue weighted by atomic mass is 10.1. The first-order valence-electron chi connectivity index (χ1n) is 5.49. The van der Waals surface area contributed by atoms with Gasteiger partial charge in [-0.05, 0) is 28.7 Å². The minimum atomic E-state index is -0.668. The molecule has 0 aliphatic rings. The number of carbonyl (C=O) groups excluding carboxylic acids is 1. The summed E-state index contributed by atoms with van der Waals surface area (Å²) in [5.74, 6) is 0. The molecule has 93 valence electrons. The van der Waals surface area contributed by atoms with Gasteiger partial charge in [0.15, 0.2) is 5.65 Å². The Balaban J connectivity index is 2.28. The van der Waals surface area contributed by atoms with E-state index in [1.54, 1.807) is 0 Å². The van der Waals surface area contributed by atoms with Gasteiger partial charge < -0.3 is 5.73 Å². The number of pyridine rings is 1. The molecule has 2 heterocycles. The number of fused-ring (bicyclic) bond motifs is 1. The molecule has 1 radical (unpaired) electrons. The number of benzene rings is 1. The molecule has 0 aliphatic carbocycles. The van der Waals surface area contributed by atoms with Crippen molar-refractivity contribution in [3.05, 3.63) is 46.2 Å². The maximum absolute atomic E-state index is 11.3. The molecule has 5 nitrogen and oxygen atoms in total. The molecule has 0 saturated carbocycles. The van der Waals surface area contributed by atoms with Crippen LogP contribution >= 0.6 is 22.6 Å². The first-order valence-corrected chi connectivity index (χ1v) is 6.57. The third-order valence-electron chi connectivity index (χ3n) is 2.68. The number of hydrogen-bond acceptors (Lipinski definition) is 3. The monoisotopic (exact) mass is 363 g/mol. The summed E-state index contributed by atoms with van der Waals surface area (Å²) < 4.78 is 2.02. The van der Waals surface area contributed by atoms with Gasteiger partial charge in [0, 0.05) is 9.13 Å². The zero-order chi connectivity index (χ0) is 13.4. The number of primary amides is 1. The van der Waals surface area contributed by atoms with Crippen molar-refractivity contribution in [3.8, 4) is 11.3 Å². The van der Waals surface area contributed by atoms with Crippen LogP contribution in [0.25, 0.3) is 22.3 Å². The van der Waals surface area contributed by atoms with Crippen LogP contribution in [0.4, 0.5) is 4.79 Å². The summed E-state index contributed by atoms with van der Waals surface area (Å²) in [7, 11) is 0. The second-order valence-electron chi connectivity index (χ2n) is 3.92. The summed E-state index contributed by atoms with van der Waals surface area (Å²) in [4.78, 5) is 15.8. The number of nitrogens with two attached hydrogens (primary N) is 1. The van der Waals surface area contributed by atoms with E-state index in [-0.39, 0.29) is 0 Å². The van der Waals surface area contributed by atoms with Crippen molar-refractivity contribution in [2.24, 2.45) is 5.73 Å². The van der Waals surface area contributed by atoms with Gasteiger partial charge >= 0.3 is 6.03 Å². The average Bonchev–Trinajstić information content (AvgIpc) is 2.81. The van der Waals surface area contributed by atoms with Crippen molar-refractivity contribution < 1.29 is 4.79 Å². The molecule has 0 spiro atoms. The number of amides is 1. The first-order chi connectivity index (χ1) is 9.16. The number of halogens is 1. The molecular formula is C13H8IN4O. The van der Waals surface area contributed by atoms with Gasteiger partial charge in [-0.25, -0.2) is 9.78 Å². The molecule has 2 aromatic heterocycles. The van der Waals surface area contributed by atoms with Crippen molar-refractivity contribution in [3.63, 3.8) is 0 Å². The highest BCUT2D eigenvalue weighted by Crippen LogP contribution is 2.26. The molecule has 2 N–H and O–H groups in total. The van der Waals surface area contributed by atoms with E-state index in [4.69, 9.17) is 5.73 Å². The van der Waals surface area contributed by atoms with Gasteiger partial charge in [0.05, 0.1) is 11.1 Å². The Bertz CT molecular complexity index is 767. The summed E-state index contributed by atoms with van der Waals surface area (Å²) in [6, 6.07) is 11.0. The lowest BCUT2D eigenvalue weighted by molar-refractivity contribution is 0.248. The number of carbonyl (C=O) groups is 1. The molecule has 0 atom stereocenters. The van der Waals surface area contributed by atoms with Crippen molar-refractivity contribution >= 4 is 39.7 Å². The highest BCUT2D eigenvalue weighted by atomic mass is 127. The Hall–Kier alpha value is -1.96. The lowest BCUT2D eigenvalue weighted by Gasteiger charge is -2.05. The predicted octanol–water partition coefficient (Wildman–Crippen LogP) is 2.43. The third-order valence-corrected chi connectivity index (χ3v) is 3.51. The van der Waals surface area contributed by atoms with Crippen molar-refractivity contribution in [1.29, 1.82) is 0 Å². The third kappa shape index (κ3) is 2.07. The van der Waals surface area contributed by atoms with E-state index in [1.807, 2.05) is 36.4 Å². The Morgan fingerprint density at radius 2 is 2.05 bits per heavy atom. The van der Waals surface area contributed by atoms with Gasteiger partial charge in [-0.3, -0.25) is 0 Å². The summed E-state index contributed by atoms with van der Waals surface area (Å²) >= 11 is 2.20. The standard InChI is InChI=1S/C13H8IN4O/c14-10-6-9-7-16-18(13(15)19)12(9)17-11(10)8-4-2-1-3-5-8/h1-6H,(H2,15,19). The van der Waals surface area contributed by atoms with Gasteiger partial charge in [0.1, 0.15) is 6.20 Å². The van der Waals surface area contributed by atoms with Crippen molar-refractivity contribution in [1.82, 2.24) is 14.8 Å². The number of hydrogen-bond donors (Lipinski definition) is 1. The van der Waals surface area contributed by atoms with Crippen LogP contribution in [-0.4, -0.2) is 20.8 Å². The summed E-state index contributed by atoms with van der Waals surface area (Å²) in [5, 5.41) is 4.49. The highest BCUT2D eigenvalue weighted by molar-refractivity contribution is 14.1. The average molecular weight is 363 g/mol. The SMILES string of the molecule is NC(=O)n1n[c]c2cc(I)c(-c3ccccc3)nc21. The molecule has 0 saturated heterocycles. The molecule has 0 bridgehead atoms. The van der Waals surface area contributed by atoms with E-state index >= 15 is 0 Å². The molecule has 19 heavy (non-hydrogen) atoms. The Labute approximate surface area is 122 Å².